The Hall–Kier alpha value is -2.23. The molecule has 0 N–H and O–H groups in total. The Balaban J connectivity index is 1.46. The SMILES string of the molecule is Cc1nc(Cl)cn1-c1nc(N2CCCCC2)nc2c(CN3CCN(C(=O)C(C)C)CC3)csc12. The van der Waals surface area contributed by atoms with Crippen molar-refractivity contribution >= 4 is 45.0 Å². The van der Waals surface area contributed by atoms with Crippen molar-refractivity contribution in [3.63, 3.8) is 0 Å². The van der Waals surface area contributed by atoms with Gasteiger partial charge in [-0.2, -0.15) is 4.98 Å². The van der Waals surface area contributed by atoms with Gasteiger partial charge >= 0.3 is 0 Å². The molecule has 2 saturated heterocycles. The van der Waals surface area contributed by atoms with Gasteiger partial charge in [0.2, 0.25) is 11.9 Å². The molecule has 0 aromatic carbocycles. The lowest BCUT2D eigenvalue weighted by molar-refractivity contribution is -0.136. The molecular weight excluding hydrogens is 470 g/mol. The first-order valence-corrected chi connectivity index (χ1v) is 13.4. The zero-order chi connectivity index (χ0) is 23.8. The molecule has 0 saturated carbocycles. The summed E-state index contributed by atoms with van der Waals surface area (Å²) in [6.45, 7) is 12.0. The van der Waals surface area contributed by atoms with E-state index in [-0.39, 0.29) is 11.8 Å². The van der Waals surface area contributed by atoms with Crippen LogP contribution in [-0.2, 0) is 11.3 Å². The van der Waals surface area contributed by atoms with Crippen LogP contribution in [-0.4, -0.2) is 74.5 Å². The normalized spacial score (nSPS) is 17.8. The summed E-state index contributed by atoms with van der Waals surface area (Å²) in [5.41, 5.74) is 2.23. The second-order valence-corrected chi connectivity index (χ2v) is 10.8. The quantitative estimate of drug-likeness (QED) is 0.523. The predicted octanol–water partition coefficient (Wildman–Crippen LogP) is 4.13. The zero-order valence-electron chi connectivity index (χ0n) is 20.1. The Morgan fingerprint density at radius 3 is 2.44 bits per heavy atom. The molecule has 0 unspecified atom stereocenters. The highest BCUT2D eigenvalue weighted by Crippen LogP contribution is 2.33. The van der Waals surface area contributed by atoms with Crippen molar-refractivity contribution in [1.29, 1.82) is 0 Å². The smallest absolute Gasteiger partial charge is 0.227 e. The maximum Gasteiger partial charge on any atom is 0.227 e. The number of carbonyl (C=O) groups is 1. The molecule has 8 nitrogen and oxygen atoms in total. The molecule has 10 heteroatoms. The first-order valence-electron chi connectivity index (χ1n) is 12.2. The third-order valence-corrected chi connectivity index (χ3v) is 7.95. The molecule has 5 heterocycles. The molecule has 0 aliphatic carbocycles. The lowest BCUT2D eigenvalue weighted by Crippen LogP contribution is -2.49. The molecule has 2 aliphatic rings. The van der Waals surface area contributed by atoms with Crippen molar-refractivity contribution in [2.45, 2.75) is 46.6 Å². The monoisotopic (exact) mass is 501 g/mol. The number of halogens is 1. The van der Waals surface area contributed by atoms with Crippen LogP contribution >= 0.6 is 22.9 Å². The third-order valence-electron chi connectivity index (χ3n) is 6.75. The van der Waals surface area contributed by atoms with Crippen LogP contribution in [0, 0.1) is 12.8 Å². The van der Waals surface area contributed by atoms with E-state index < -0.39 is 0 Å². The summed E-state index contributed by atoms with van der Waals surface area (Å²) in [6, 6.07) is 0. The Morgan fingerprint density at radius 1 is 1.06 bits per heavy atom. The van der Waals surface area contributed by atoms with Crippen LogP contribution in [0.2, 0.25) is 5.15 Å². The standard InChI is InChI=1S/C24H32ClN7OS/c1-16(2)23(33)30-11-9-29(10-12-30)13-18-15-34-21-20(18)27-24(31-7-5-4-6-8-31)28-22(21)32-14-19(25)26-17(32)3/h14-16H,4-13H2,1-3H3. The van der Waals surface area contributed by atoms with Gasteiger partial charge in [-0.3, -0.25) is 14.3 Å². The molecule has 0 bridgehead atoms. The number of fused-ring (bicyclic) bond motifs is 1. The van der Waals surface area contributed by atoms with Gasteiger partial charge in [0.05, 0.1) is 10.2 Å². The van der Waals surface area contributed by atoms with E-state index in [0.29, 0.717) is 5.15 Å². The van der Waals surface area contributed by atoms with Crippen LogP contribution in [0.5, 0.6) is 0 Å². The Kier molecular flexibility index (Phi) is 6.77. The summed E-state index contributed by atoms with van der Waals surface area (Å²) in [4.78, 5) is 33.6. The van der Waals surface area contributed by atoms with Crippen molar-refractivity contribution in [2.75, 3.05) is 44.2 Å². The maximum absolute atomic E-state index is 12.4. The van der Waals surface area contributed by atoms with Crippen LogP contribution in [0.3, 0.4) is 0 Å². The highest BCUT2D eigenvalue weighted by molar-refractivity contribution is 7.17. The fraction of sp³-hybridized carbons (Fsp3) is 0.583. The van der Waals surface area contributed by atoms with E-state index in [2.05, 4.69) is 20.2 Å². The number of piperazine rings is 1. The van der Waals surface area contributed by atoms with E-state index in [0.717, 1.165) is 73.6 Å². The van der Waals surface area contributed by atoms with Crippen molar-refractivity contribution < 1.29 is 4.79 Å². The molecule has 2 fully saturated rings. The summed E-state index contributed by atoms with van der Waals surface area (Å²) in [6.07, 6.45) is 5.44. The number of nitrogens with zero attached hydrogens (tertiary/aromatic N) is 7. The van der Waals surface area contributed by atoms with Crippen molar-refractivity contribution in [2.24, 2.45) is 5.92 Å². The minimum absolute atomic E-state index is 0.0517. The van der Waals surface area contributed by atoms with Crippen molar-refractivity contribution in [1.82, 2.24) is 29.3 Å². The van der Waals surface area contributed by atoms with E-state index in [1.807, 2.05) is 36.4 Å². The number of carbonyl (C=O) groups excluding carboxylic acids is 1. The number of piperidine rings is 1. The average molecular weight is 502 g/mol. The van der Waals surface area contributed by atoms with Gasteiger partial charge in [-0.1, -0.05) is 25.4 Å². The van der Waals surface area contributed by atoms with Gasteiger partial charge in [0.15, 0.2) is 5.82 Å². The molecule has 2 aliphatic heterocycles. The van der Waals surface area contributed by atoms with E-state index >= 15 is 0 Å². The molecule has 0 atom stereocenters. The number of rotatable bonds is 5. The van der Waals surface area contributed by atoms with Crippen LogP contribution < -0.4 is 4.90 Å². The van der Waals surface area contributed by atoms with Crippen molar-refractivity contribution in [3.8, 4) is 5.82 Å². The largest absolute Gasteiger partial charge is 0.341 e. The summed E-state index contributed by atoms with van der Waals surface area (Å²) in [7, 11) is 0. The average Bonchev–Trinajstić information content (AvgIpc) is 3.40. The van der Waals surface area contributed by atoms with Crippen LogP contribution in [0.15, 0.2) is 11.6 Å². The summed E-state index contributed by atoms with van der Waals surface area (Å²) in [5, 5.41) is 2.68. The second kappa shape index (κ2) is 9.79. The molecule has 182 valence electrons. The van der Waals surface area contributed by atoms with Crippen molar-refractivity contribution in [3.05, 3.63) is 28.1 Å². The van der Waals surface area contributed by atoms with E-state index in [4.69, 9.17) is 21.6 Å². The van der Waals surface area contributed by atoms with Crippen LogP contribution in [0.1, 0.15) is 44.5 Å². The topological polar surface area (TPSA) is 70.4 Å². The molecule has 0 spiro atoms. The van der Waals surface area contributed by atoms with E-state index in [9.17, 15) is 4.79 Å². The Labute approximate surface area is 209 Å². The maximum atomic E-state index is 12.4. The number of hydrogen-bond acceptors (Lipinski definition) is 7. The number of thiophene rings is 1. The molecule has 3 aromatic rings. The van der Waals surface area contributed by atoms with E-state index in [1.54, 1.807) is 11.3 Å². The Bertz CT molecular complexity index is 1180. The highest BCUT2D eigenvalue weighted by atomic mass is 35.5. The lowest BCUT2D eigenvalue weighted by Gasteiger charge is -2.35. The molecule has 1 amide bonds. The Morgan fingerprint density at radius 2 is 1.79 bits per heavy atom. The van der Waals surface area contributed by atoms with Gasteiger partial charge in [0.25, 0.3) is 0 Å². The molecule has 3 aromatic heterocycles. The number of aryl methyl sites for hydroxylation is 1. The summed E-state index contributed by atoms with van der Waals surface area (Å²) >= 11 is 7.91. The minimum atomic E-state index is 0.0517. The fourth-order valence-electron chi connectivity index (χ4n) is 4.83. The summed E-state index contributed by atoms with van der Waals surface area (Å²) in [5.74, 6) is 2.76. The third kappa shape index (κ3) is 4.65. The van der Waals surface area contributed by atoms with Gasteiger partial charge in [-0.15, -0.1) is 11.3 Å². The fourth-order valence-corrected chi connectivity index (χ4v) is 6.04. The van der Waals surface area contributed by atoms with Gasteiger partial charge in [0, 0.05) is 63.5 Å². The molecule has 0 radical (unpaired) electrons. The van der Waals surface area contributed by atoms with E-state index in [1.165, 1.54) is 24.8 Å². The number of aromatic nitrogens is 4. The molecule has 5 rings (SSSR count). The van der Waals surface area contributed by atoms with Gasteiger partial charge in [0.1, 0.15) is 11.0 Å². The molecular formula is C24H32ClN7OS. The van der Waals surface area contributed by atoms with Gasteiger partial charge < -0.3 is 9.80 Å². The number of anilines is 1. The zero-order valence-corrected chi connectivity index (χ0v) is 21.7. The first kappa shape index (κ1) is 23.5. The minimum Gasteiger partial charge on any atom is -0.341 e. The second-order valence-electron chi connectivity index (χ2n) is 9.57. The summed E-state index contributed by atoms with van der Waals surface area (Å²) < 4.78 is 3.04. The number of amides is 1. The molecule has 34 heavy (non-hydrogen) atoms. The van der Waals surface area contributed by atoms with Gasteiger partial charge in [-0.05, 0) is 31.6 Å². The number of hydrogen-bond donors (Lipinski definition) is 0. The van der Waals surface area contributed by atoms with Gasteiger partial charge in [-0.25, -0.2) is 9.97 Å². The first-order chi connectivity index (χ1) is 16.4. The van der Waals surface area contributed by atoms with Crippen LogP contribution in [0.4, 0.5) is 5.95 Å². The lowest BCUT2D eigenvalue weighted by atomic mass is 10.1. The number of imidazole rings is 1. The highest BCUT2D eigenvalue weighted by Gasteiger charge is 2.25. The van der Waals surface area contributed by atoms with Crippen LogP contribution in [0.25, 0.3) is 16.0 Å². The predicted molar refractivity (Wildman–Crippen MR) is 137 cm³/mol.